The lowest BCUT2D eigenvalue weighted by atomic mass is 9.89. The molecule has 2 N–H and O–H groups in total. The quantitative estimate of drug-likeness (QED) is 0.926. The van der Waals surface area contributed by atoms with Crippen molar-refractivity contribution in [1.82, 2.24) is 4.98 Å². The second kappa shape index (κ2) is 6.16. The van der Waals surface area contributed by atoms with Gasteiger partial charge in [0.15, 0.2) is 0 Å². The number of nitrogens with two attached hydrogens (primary N) is 1. The van der Waals surface area contributed by atoms with E-state index in [0.717, 1.165) is 18.4 Å². The van der Waals surface area contributed by atoms with Crippen LogP contribution >= 0.6 is 0 Å². The van der Waals surface area contributed by atoms with Gasteiger partial charge in [0, 0.05) is 18.9 Å². The highest BCUT2D eigenvalue weighted by molar-refractivity contribution is 5.31. The fourth-order valence-corrected chi connectivity index (χ4v) is 2.90. The van der Waals surface area contributed by atoms with Crippen LogP contribution in [0.3, 0.4) is 0 Å². The SMILES string of the molecule is NCC(OC1CCCc2ccccc21)c1ccncc1. The number of rotatable bonds is 4. The molecular formula is C17H20N2O. The molecule has 2 unspecified atom stereocenters. The Hall–Kier alpha value is -1.71. The molecule has 3 rings (SSSR count). The Balaban J connectivity index is 1.81. The zero-order valence-corrected chi connectivity index (χ0v) is 11.5. The molecule has 1 aliphatic rings. The molecule has 1 aromatic heterocycles. The molecule has 1 aliphatic carbocycles. The van der Waals surface area contributed by atoms with Gasteiger partial charge in [-0.25, -0.2) is 0 Å². The van der Waals surface area contributed by atoms with E-state index in [9.17, 15) is 0 Å². The molecule has 20 heavy (non-hydrogen) atoms. The molecule has 3 nitrogen and oxygen atoms in total. The molecule has 0 saturated carbocycles. The van der Waals surface area contributed by atoms with Gasteiger partial charge in [-0.2, -0.15) is 0 Å². The Morgan fingerprint density at radius 1 is 1.20 bits per heavy atom. The van der Waals surface area contributed by atoms with Crippen molar-refractivity contribution in [1.29, 1.82) is 0 Å². The summed E-state index contributed by atoms with van der Waals surface area (Å²) in [5.74, 6) is 0. The fourth-order valence-electron chi connectivity index (χ4n) is 2.90. The van der Waals surface area contributed by atoms with Crippen LogP contribution in [0.15, 0.2) is 48.8 Å². The van der Waals surface area contributed by atoms with Crippen LogP contribution in [0.2, 0.25) is 0 Å². The van der Waals surface area contributed by atoms with Crippen LogP contribution in [0, 0.1) is 0 Å². The number of benzene rings is 1. The van der Waals surface area contributed by atoms with Gasteiger partial charge in [0.2, 0.25) is 0 Å². The maximum Gasteiger partial charge on any atom is 0.0956 e. The number of aromatic nitrogens is 1. The fraction of sp³-hybridized carbons (Fsp3) is 0.353. The van der Waals surface area contributed by atoms with Gasteiger partial charge in [-0.15, -0.1) is 0 Å². The van der Waals surface area contributed by atoms with Crippen LogP contribution in [0.4, 0.5) is 0 Å². The number of hydrogen-bond acceptors (Lipinski definition) is 3. The molecule has 104 valence electrons. The Labute approximate surface area is 119 Å². The highest BCUT2D eigenvalue weighted by Gasteiger charge is 2.23. The second-order valence-corrected chi connectivity index (χ2v) is 5.22. The second-order valence-electron chi connectivity index (χ2n) is 5.22. The van der Waals surface area contributed by atoms with Crippen LogP contribution < -0.4 is 5.73 Å². The topological polar surface area (TPSA) is 48.1 Å². The van der Waals surface area contributed by atoms with E-state index >= 15 is 0 Å². The van der Waals surface area contributed by atoms with Crippen LogP contribution in [0.25, 0.3) is 0 Å². The molecule has 1 heterocycles. The standard InChI is InChI=1S/C17H20N2O/c18-12-17(14-8-10-19-11-9-14)20-16-7-3-5-13-4-1-2-6-15(13)16/h1-2,4,6,8-11,16-17H,3,5,7,12,18H2. The van der Waals surface area contributed by atoms with Gasteiger partial charge >= 0.3 is 0 Å². The summed E-state index contributed by atoms with van der Waals surface area (Å²) in [6.45, 7) is 0.489. The van der Waals surface area contributed by atoms with E-state index in [4.69, 9.17) is 10.5 Å². The van der Waals surface area contributed by atoms with E-state index in [2.05, 4.69) is 29.2 Å². The van der Waals surface area contributed by atoms with Crippen molar-refractivity contribution in [3.63, 3.8) is 0 Å². The summed E-state index contributed by atoms with van der Waals surface area (Å²) in [5.41, 5.74) is 9.74. The van der Waals surface area contributed by atoms with Crippen molar-refractivity contribution in [2.24, 2.45) is 5.73 Å². The van der Waals surface area contributed by atoms with Crippen molar-refractivity contribution in [3.8, 4) is 0 Å². The van der Waals surface area contributed by atoms with E-state index in [1.165, 1.54) is 17.5 Å². The highest BCUT2D eigenvalue weighted by atomic mass is 16.5. The minimum atomic E-state index is -0.0610. The molecule has 0 fully saturated rings. The number of pyridine rings is 1. The number of fused-ring (bicyclic) bond motifs is 1. The van der Waals surface area contributed by atoms with E-state index in [0.29, 0.717) is 6.54 Å². The van der Waals surface area contributed by atoms with Crippen molar-refractivity contribution in [2.45, 2.75) is 31.5 Å². The van der Waals surface area contributed by atoms with Crippen molar-refractivity contribution < 1.29 is 4.74 Å². The first kappa shape index (κ1) is 13.3. The van der Waals surface area contributed by atoms with Crippen LogP contribution in [-0.4, -0.2) is 11.5 Å². The van der Waals surface area contributed by atoms with E-state index < -0.39 is 0 Å². The Morgan fingerprint density at radius 3 is 2.80 bits per heavy atom. The molecule has 0 bridgehead atoms. The zero-order chi connectivity index (χ0) is 13.8. The maximum absolute atomic E-state index is 6.30. The van der Waals surface area contributed by atoms with Crippen LogP contribution in [0.1, 0.15) is 41.7 Å². The molecule has 0 spiro atoms. The predicted molar refractivity (Wildman–Crippen MR) is 79.2 cm³/mol. The lowest BCUT2D eigenvalue weighted by molar-refractivity contribution is -0.0192. The van der Waals surface area contributed by atoms with Crippen LogP contribution in [-0.2, 0) is 11.2 Å². The third-order valence-corrected chi connectivity index (χ3v) is 3.93. The Morgan fingerprint density at radius 2 is 2.00 bits per heavy atom. The largest absolute Gasteiger partial charge is 0.364 e. The average molecular weight is 268 g/mol. The van der Waals surface area contributed by atoms with E-state index in [1.54, 1.807) is 12.4 Å². The summed E-state index contributed by atoms with van der Waals surface area (Å²) in [5, 5.41) is 0. The van der Waals surface area contributed by atoms with Crippen molar-refractivity contribution >= 4 is 0 Å². The summed E-state index contributed by atoms with van der Waals surface area (Å²) >= 11 is 0. The molecular weight excluding hydrogens is 248 g/mol. The molecule has 2 atom stereocenters. The average Bonchev–Trinajstić information content (AvgIpc) is 2.53. The first-order valence-electron chi connectivity index (χ1n) is 7.21. The van der Waals surface area contributed by atoms with Gasteiger partial charge in [0.25, 0.3) is 0 Å². The predicted octanol–water partition coefficient (Wildman–Crippen LogP) is 3.18. The lowest BCUT2D eigenvalue weighted by Crippen LogP contribution is -2.21. The highest BCUT2D eigenvalue weighted by Crippen LogP contribution is 2.35. The van der Waals surface area contributed by atoms with Gasteiger partial charge in [-0.1, -0.05) is 24.3 Å². The summed E-state index contributed by atoms with van der Waals surface area (Å²) < 4.78 is 6.30. The Bertz CT molecular complexity index is 556. The molecule has 0 amide bonds. The van der Waals surface area contributed by atoms with Crippen molar-refractivity contribution in [3.05, 3.63) is 65.5 Å². The molecule has 3 heteroatoms. The maximum atomic E-state index is 6.30. The van der Waals surface area contributed by atoms with E-state index in [-0.39, 0.29) is 12.2 Å². The Kier molecular flexibility index (Phi) is 4.09. The summed E-state index contributed by atoms with van der Waals surface area (Å²) in [4.78, 5) is 4.05. The van der Waals surface area contributed by atoms with Gasteiger partial charge < -0.3 is 10.5 Å². The number of hydrogen-bond donors (Lipinski definition) is 1. The monoisotopic (exact) mass is 268 g/mol. The van der Waals surface area contributed by atoms with Crippen molar-refractivity contribution in [2.75, 3.05) is 6.54 Å². The minimum absolute atomic E-state index is 0.0610. The zero-order valence-electron chi connectivity index (χ0n) is 11.5. The summed E-state index contributed by atoms with van der Waals surface area (Å²) in [6, 6.07) is 12.5. The van der Waals surface area contributed by atoms with Crippen LogP contribution in [0.5, 0.6) is 0 Å². The van der Waals surface area contributed by atoms with Gasteiger partial charge in [-0.05, 0) is 48.1 Å². The number of nitrogens with zero attached hydrogens (tertiary/aromatic N) is 1. The molecule has 0 aliphatic heterocycles. The third-order valence-electron chi connectivity index (χ3n) is 3.93. The number of aryl methyl sites for hydroxylation is 1. The van der Waals surface area contributed by atoms with Gasteiger partial charge in [0.1, 0.15) is 0 Å². The summed E-state index contributed by atoms with van der Waals surface area (Å²) in [6.07, 6.45) is 7.06. The molecule has 0 saturated heterocycles. The summed E-state index contributed by atoms with van der Waals surface area (Å²) in [7, 11) is 0. The van der Waals surface area contributed by atoms with E-state index in [1.807, 2.05) is 12.1 Å². The number of ether oxygens (including phenoxy) is 1. The first-order chi connectivity index (χ1) is 9.88. The third kappa shape index (κ3) is 2.74. The molecule has 0 radical (unpaired) electrons. The van der Waals surface area contributed by atoms with Gasteiger partial charge in [0.05, 0.1) is 12.2 Å². The minimum Gasteiger partial charge on any atom is -0.364 e. The first-order valence-corrected chi connectivity index (χ1v) is 7.21. The lowest BCUT2D eigenvalue weighted by Gasteiger charge is -2.29. The molecule has 2 aromatic rings. The smallest absolute Gasteiger partial charge is 0.0956 e. The molecule has 1 aromatic carbocycles. The normalized spacial score (nSPS) is 19.4. The van der Waals surface area contributed by atoms with Gasteiger partial charge in [-0.3, -0.25) is 4.98 Å².